The average molecular weight is 870 g/mol. The van der Waals surface area contributed by atoms with Crippen molar-refractivity contribution in [2.45, 2.75) is 238 Å². The highest BCUT2D eigenvalue weighted by Gasteiger charge is 2.17. The molecule has 4 nitrogen and oxygen atoms in total. The molecular formula is C59H99NO3. The second-order valence-corrected chi connectivity index (χ2v) is 17.2. The van der Waals surface area contributed by atoms with Crippen LogP contribution in [0.3, 0.4) is 0 Å². The molecule has 0 aliphatic heterocycles. The maximum Gasteiger partial charge on any atom is 0.220 e. The lowest BCUT2D eigenvalue weighted by Crippen LogP contribution is -2.45. The fourth-order valence-electron chi connectivity index (χ4n) is 7.19. The minimum absolute atomic E-state index is 0.0895. The van der Waals surface area contributed by atoms with E-state index in [9.17, 15) is 15.0 Å². The molecule has 0 bridgehead atoms. The van der Waals surface area contributed by atoms with Crippen LogP contribution in [-0.4, -0.2) is 34.9 Å². The molecule has 0 rings (SSSR count). The third-order valence-electron chi connectivity index (χ3n) is 11.2. The Kier molecular flexibility index (Phi) is 50.4. The first-order valence-electron chi connectivity index (χ1n) is 26.2. The van der Waals surface area contributed by atoms with Crippen LogP contribution in [-0.2, 0) is 4.79 Å². The first-order chi connectivity index (χ1) is 31.2. The molecule has 0 aromatic carbocycles. The van der Waals surface area contributed by atoms with Crippen molar-refractivity contribution in [3.63, 3.8) is 0 Å². The number of hydrogen-bond acceptors (Lipinski definition) is 3. The lowest BCUT2D eigenvalue weighted by molar-refractivity contribution is -0.123. The molecule has 358 valence electrons. The standard InChI is InChI=1S/C59H99NO3/c1-3-5-7-9-11-13-15-17-19-21-23-25-26-27-28-29-30-31-32-33-34-35-37-39-41-43-45-47-49-51-53-55-59(63)60-57(56-61)58(62)54-52-50-48-46-44-42-40-38-36-24-22-20-18-16-14-12-10-8-6-4-2/h5,7,11,13,17,19,23,25,27-28,30-31,33-34,36,38,44,46,52,54,57-58,61-62H,3-4,6,8-10,12,14-16,18,20-22,24,26,29,32,35,37,39-43,45,47-51,53,55-56H2,1-2H3,(H,60,63)/b7-5-,13-11-,19-17-,25-23-,28-27-,31-30-,34-33-,38-36+,46-44+,54-52+. The molecule has 0 aromatic rings. The van der Waals surface area contributed by atoms with Crippen LogP contribution < -0.4 is 5.32 Å². The smallest absolute Gasteiger partial charge is 0.220 e. The van der Waals surface area contributed by atoms with Gasteiger partial charge in [0, 0.05) is 6.42 Å². The fraction of sp³-hybridized carbons (Fsp3) is 0.644. The summed E-state index contributed by atoms with van der Waals surface area (Å²) in [4.78, 5) is 12.4. The lowest BCUT2D eigenvalue weighted by atomic mass is 10.1. The molecule has 3 N–H and O–H groups in total. The van der Waals surface area contributed by atoms with Crippen molar-refractivity contribution in [1.82, 2.24) is 5.32 Å². The Bertz CT molecular complexity index is 1260. The Morgan fingerprint density at radius 2 is 0.714 bits per heavy atom. The van der Waals surface area contributed by atoms with Crippen LogP contribution in [0.5, 0.6) is 0 Å². The van der Waals surface area contributed by atoms with Crippen molar-refractivity contribution < 1.29 is 15.0 Å². The maximum atomic E-state index is 12.4. The second-order valence-electron chi connectivity index (χ2n) is 17.2. The van der Waals surface area contributed by atoms with Crippen LogP contribution >= 0.6 is 0 Å². The predicted molar refractivity (Wildman–Crippen MR) is 280 cm³/mol. The van der Waals surface area contributed by atoms with Gasteiger partial charge in [0.2, 0.25) is 5.91 Å². The molecule has 1 amide bonds. The molecular weight excluding hydrogens is 771 g/mol. The molecule has 63 heavy (non-hydrogen) atoms. The average Bonchev–Trinajstić information content (AvgIpc) is 3.29. The van der Waals surface area contributed by atoms with Gasteiger partial charge >= 0.3 is 0 Å². The van der Waals surface area contributed by atoms with E-state index >= 15 is 0 Å². The number of aliphatic hydroxyl groups is 2. The topological polar surface area (TPSA) is 69.6 Å². The number of amides is 1. The summed E-state index contributed by atoms with van der Waals surface area (Å²) in [6.45, 7) is 4.17. The van der Waals surface area contributed by atoms with Gasteiger partial charge in [0.25, 0.3) is 0 Å². The van der Waals surface area contributed by atoms with Crippen LogP contribution in [0, 0.1) is 0 Å². The first-order valence-corrected chi connectivity index (χ1v) is 26.2. The summed E-state index contributed by atoms with van der Waals surface area (Å²) in [6.07, 6.45) is 81.9. The van der Waals surface area contributed by atoms with Crippen molar-refractivity contribution in [2.75, 3.05) is 6.61 Å². The third kappa shape index (κ3) is 49.7. The van der Waals surface area contributed by atoms with E-state index in [1.807, 2.05) is 6.08 Å². The number of allylic oxidation sites excluding steroid dienone is 19. The van der Waals surface area contributed by atoms with Gasteiger partial charge in [0.15, 0.2) is 0 Å². The number of carbonyl (C=O) groups is 1. The molecule has 0 aromatic heterocycles. The summed E-state index contributed by atoms with van der Waals surface area (Å²) in [7, 11) is 0. The van der Waals surface area contributed by atoms with Gasteiger partial charge in [-0.1, -0.05) is 238 Å². The van der Waals surface area contributed by atoms with Gasteiger partial charge in [-0.2, -0.15) is 0 Å². The molecule has 0 aliphatic rings. The van der Waals surface area contributed by atoms with Gasteiger partial charge in [0.05, 0.1) is 18.8 Å². The van der Waals surface area contributed by atoms with Gasteiger partial charge in [-0.25, -0.2) is 0 Å². The van der Waals surface area contributed by atoms with Gasteiger partial charge < -0.3 is 15.5 Å². The maximum absolute atomic E-state index is 12.4. The van der Waals surface area contributed by atoms with Crippen molar-refractivity contribution in [3.8, 4) is 0 Å². The van der Waals surface area contributed by atoms with E-state index in [1.165, 1.54) is 116 Å². The zero-order valence-corrected chi connectivity index (χ0v) is 41.0. The molecule has 0 saturated heterocycles. The zero-order chi connectivity index (χ0) is 45.6. The Morgan fingerprint density at radius 3 is 1.11 bits per heavy atom. The molecule has 2 atom stereocenters. The molecule has 0 saturated carbocycles. The number of unbranched alkanes of at least 4 members (excludes halogenated alkanes) is 21. The van der Waals surface area contributed by atoms with Gasteiger partial charge in [-0.15, -0.1) is 0 Å². The number of nitrogens with one attached hydrogen (secondary N) is 1. The van der Waals surface area contributed by atoms with Crippen LogP contribution in [0.25, 0.3) is 0 Å². The summed E-state index contributed by atoms with van der Waals surface area (Å²) >= 11 is 0. The third-order valence-corrected chi connectivity index (χ3v) is 11.2. The summed E-state index contributed by atoms with van der Waals surface area (Å²) in [6, 6.07) is -0.658. The van der Waals surface area contributed by atoms with Gasteiger partial charge in [-0.05, 0) is 103 Å². The Hall–Kier alpha value is -3.21. The fourth-order valence-corrected chi connectivity index (χ4v) is 7.19. The first kappa shape index (κ1) is 59.8. The highest BCUT2D eigenvalue weighted by Crippen LogP contribution is 2.13. The molecule has 0 fully saturated rings. The molecule has 0 aliphatic carbocycles. The molecule has 2 unspecified atom stereocenters. The molecule has 0 spiro atoms. The predicted octanol–water partition coefficient (Wildman–Crippen LogP) is 17.3. The molecule has 4 heteroatoms. The summed E-state index contributed by atoms with van der Waals surface area (Å²) in [5.74, 6) is -0.0895. The van der Waals surface area contributed by atoms with Crippen molar-refractivity contribution in [2.24, 2.45) is 0 Å². The molecule has 0 heterocycles. The summed E-state index contributed by atoms with van der Waals surface area (Å²) in [5.41, 5.74) is 0. The van der Waals surface area contributed by atoms with Crippen molar-refractivity contribution in [1.29, 1.82) is 0 Å². The Balaban J connectivity index is 3.67. The van der Waals surface area contributed by atoms with E-state index in [0.29, 0.717) is 6.42 Å². The highest BCUT2D eigenvalue weighted by atomic mass is 16.3. The van der Waals surface area contributed by atoms with E-state index in [0.717, 1.165) is 89.9 Å². The van der Waals surface area contributed by atoms with E-state index in [2.05, 4.69) is 129 Å². The Morgan fingerprint density at radius 1 is 0.397 bits per heavy atom. The van der Waals surface area contributed by atoms with E-state index in [4.69, 9.17) is 0 Å². The van der Waals surface area contributed by atoms with Crippen LogP contribution in [0.2, 0.25) is 0 Å². The largest absolute Gasteiger partial charge is 0.394 e. The van der Waals surface area contributed by atoms with Crippen molar-refractivity contribution in [3.05, 3.63) is 122 Å². The number of rotatable bonds is 46. The summed E-state index contributed by atoms with van der Waals surface area (Å²) in [5, 5.41) is 23.1. The van der Waals surface area contributed by atoms with Gasteiger partial charge in [0.1, 0.15) is 0 Å². The minimum Gasteiger partial charge on any atom is -0.394 e. The summed E-state index contributed by atoms with van der Waals surface area (Å²) < 4.78 is 0. The van der Waals surface area contributed by atoms with E-state index in [-0.39, 0.29) is 12.5 Å². The van der Waals surface area contributed by atoms with E-state index in [1.54, 1.807) is 6.08 Å². The SMILES string of the molecule is CC/C=C\C/C=C\C/C=C\C/C=C\C/C=C\C/C=C\C/C=C\CCCCCCCCCCCC(=O)NC(CO)C(O)/C=C/CC/C=C/CC/C=C/CCCCCCCCCCCC. The minimum atomic E-state index is -0.881. The second kappa shape index (κ2) is 53.1. The van der Waals surface area contributed by atoms with Crippen molar-refractivity contribution >= 4 is 5.91 Å². The molecule has 0 radical (unpaired) electrons. The zero-order valence-electron chi connectivity index (χ0n) is 41.0. The van der Waals surface area contributed by atoms with Gasteiger partial charge in [-0.3, -0.25) is 4.79 Å². The van der Waals surface area contributed by atoms with E-state index < -0.39 is 12.1 Å². The highest BCUT2D eigenvalue weighted by molar-refractivity contribution is 5.76. The lowest BCUT2D eigenvalue weighted by Gasteiger charge is -2.19. The Labute approximate surface area is 390 Å². The number of carbonyl (C=O) groups excluding carboxylic acids is 1. The monoisotopic (exact) mass is 870 g/mol. The van der Waals surface area contributed by atoms with Crippen LogP contribution in [0.4, 0.5) is 0 Å². The van der Waals surface area contributed by atoms with Crippen LogP contribution in [0.1, 0.15) is 226 Å². The quantitative estimate of drug-likeness (QED) is 0.0422. The van der Waals surface area contributed by atoms with Crippen LogP contribution in [0.15, 0.2) is 122 Å². The normalized spacial score (nSPS) is 13.9. The number of hydrogen-bond donors (Lipinski definition) is 3. The number of aliphatic hydroxyl groups excluding tert-OH is 2.